The molecule has 2 aromatic heterocycles. The first-order valence-corrected chi connectivity index (χ1v) is 11.2. The van der Waals surface area contributed by atoms with Crippen LogP contribution < -0.4 is 15.2 Å². The summed E-state index contributed by atoms with van der Waals surface area (Å²) in [4.78, 5) is 19.0. The number of anilines is 1. The summed E-state index contributed by atoms with van der Waals surface area (Å²) in [6.07, 6.45) is 0.299. The Hall–Kier alpha value is -2.90. The fourth-order valence-electron chi connectivity index (χ4n) is 3.44. The van der Waals surface area contributed by atoms with E-state index in [0.717, 1.165) is 37.1 Å². The smallest absolute Gasteiger partial charge is 0.179 e. The number of methoxy groups -OCH3 is 2. The summed E-state index contributed by atoms with van der Waals surface area (Å²) in [5.74, 6) is 1.28. The maximum atomic E-state index is 13.0. The van der Waals surface area contributed by atoms with Crippen molar-refractivity contribution >= 4 is 49.0 Å². The Balaban J connectivity index is 1.67. The average Bonchev–Trinajstić information content (AvgIpc) is 3.11. The van der Waals surface area contributed by atoms with Crippen molar-refractivity contribution in [1.29, 1.82) is 0 Å². The van der Waals surface area contributed by atoms with Gasteiger partial charge >= 0.3 is 0 Å². The van der Waals surface area contributed by atoms with Gasteiger partial charge in [0.05, 0.1) is 30.5 Å². The molecule has 5 nitrogen and oxygen atoms in total. The van der Waals surface area contributed by atoms with Gasteiger partial charge in [-0.1, -0.05) is 28.1 Å². The lowest BCUT2D eigenvalue weighted by Gasteiger charge is -2.09. The number of aryl methyl sites for hydroxylation is 1. The number of nitrogens with two attached hydrogens (primary N) is 1. The van der Waals surface area contributed by atoms with Gasteiger partial charge in [-0.15, -0.1) is 11.3 Å². The number of ketones is 1. The van der Waals surface area contributed by atoms with E-state index in [1.807, 2.05) is 55.5 Å². The van der Waals surface area contributed by atoms with Crippen molar-refractivity contribution in [3.63, 3.8) is 0 Å². The quantitative estimate of drug-likeness (QED) is 0.328. The molecule has 7 heteroatoms. The third kappa shape index (κ3) is 4.16. The van der Waals surface area contributed by atoms with Gasteiger partial charge in [0.25, 0.3) is 0 Å². The second-order valence-electron chi connectivity index (χ2n) is 7.15. The van der Waals surface area contributed by atoms with Crippen molar-refractivity contribution < 1.29 is 14.3 Å². The first kappa shape index (κ1) is 21.3. The van der Waals surface area contributed by atoms with Gasteiger partial charge in [0.1, 0.15) is 4.83 Å². The summed E-state index contributed by atoms with van der Waals surface area (Å²) in [6.45, 7) is 2.01. The van der Waals surface area contributed by atoms with Crippen LogP contribution in [-0.2, 0) is 6.42 Å². The summed E-state index contributed by atoms with van der Waals surface area (Å²) in [6, 6.07) is 15.4. The normalized spacial score (nSPS) is 11.0. The molecule has 4 aromatic rings. The van der Waals surface area contributed by atoms with E-state index in [4.69, 9.17) is 20.2 Å². The minimum atomic E-state index is -0.00473. The van der Waals surface area contributed by atoms with Gasteiger partial charge in [0.15, 0.2) is 17.3 Å². The second kappa shape index (κ2) is 8.69. The number of hydrogen-bond donors (Lipinski definition) is 1. The van der Waals surface area contributed by atoms with E-state index in [-0.39, 0.29) is 5.78 Å². The number of Topliss-reactive ketones (excluding diaryl/α,β-unsaturated/α-hetero) is 1. The number of nitrogens with zero attached hydrogens (tertiary/aromatic N) is 1. The van der Waals surface area contributed by atoms with Gasteiger partial charge in [-0.05, 0) is 54.4 Å². The Morgan fingerprint density at radius 3 is 2.55 bits per heavy atom. The van der Waals surface area contributed by atoms with Gasteiger partial charge in [-0.3, -0.25) is 4.79 Å². The lowest BCUT2D eigenvalue weighted by Crippen LogP contribution is -2.04. The summed E-state index contributed by atoms with van der Waals surface area (Å²) in [7, 11) is 3.20. The van der Waals surface area contributed by atoms with Crippen molar-refractivity contribution in [2.75, 3.05) is 20.0 Å². The van der Waals surface area contributed by atoms with E-state index in [1.165, 1.54) is 11.3 Å². The van der Waals surface area contributed by atoms with Gasteiger partial charge < -0.3 is 15.2 Å². The molecule has 0 aliphatic heterocycles. The molecule has 0 bridgehead atoms. The van der Waals surface area contributed by atoms with Crippen LogP contribution in [0.2, 0.25) is 0 Å². The molecule has 0 unspecified atom stereocenters. The molecular weight excluding hydrogens is 476 g/mol. The SMILES string of the molecule is COc1ccc(-c2ccc3c(N)c(C(=O)Cc4ccc(Br)c(C)c4)sc3n2)cc1OC. The molecule has 0 radical (unpaired) electrons. The van der Waals surface area contributed by atoms with E-state index in [2.05, 4.69) is 15.9 Å². The third-order valence-corrected chi connectivity index (χ3v) is 7.16. The fraction of sp³-hybridized carbons (Fsp3) is 0.167. The van der Waals surface area contributed by atoms with Gasteiger partial charge in [0, 0.05) is 21.8 Å². The monoisotopic (exact) mass is 496 g/mol. The van der Waals surface area contributed by atoms with Crippen molar-refractivity contribution in [2.45, 2.75) is 13.3 Å². The molecule has 31 heavy (non-hydrogen) atoms. The van der Waals surface area contributed by atoms with Crippen LogP contribution >= 0.6 is 27.3 Å². The highest BCUT2D eigenvalue weighted by molar-refractivity contribution is 9.10. The number of carbonyl (C=O) groups excluding carboxylic acids is 1. The molecule has 0 aliphatic carbocycles. The molecule has 0 atom stereocenters. The van der Waals surface area contributed by atoms with Gasteiger partial charge in [0.2, 0.25) is 0 Å². The van der Waals surface area contributed by atoms with Crippen molar-refractivity contribution in [3.8, 4) is 22.8 Å². The Labute approximate surface area is 193 Å². The second-order valence-corrected chi connectivity index (χ2v) is 9.00. The molecule has 158 valence electrons. The molecular formula is C24H21BrN2O3S. The van der Waals surface area contributed by atoms with Crippen LogP contribution in [-0.4, -0.2) is 25.0 Å². The Bertz CT molecular complexity index is 1300. The Kier molecular flexibility index (Phi) is 5.98. The van der Waals surface area contributed by atoms with E-state index >= 15 is 0 Å². The molecule has 0 saturated heterocycles. The first-order chi connectivity index (χ1) is 14.9. The minimum absolute atomic E-state index is 0.00473. The standard InChI is InChI=1S/C24H21BrN2O3S/c1-13-10-14(4-7-17(13)25)11-19(28)23-22(26)16-6-8-18(27-24(16)31-23)15-5-9-20(29-2)21(12-15)30-3/h4-10,12H,11,26H2,1-3H3. The molecule has 2 aromatic carbocycles. The topological polar surface area (TPSA) is 74.4 Å². The predicted octanol–water partition coefficient (Wildman–Crippen LogP) is 6.06. The lowest BCUT2D eigenvalue weighted by molar-refractivity contribution is 0.0997. The molecule has 2 N–H and O–H groups in total. The summed E-state index contributed by atoms with van der Waals surface area (Å²) < 4.78 is 11.7. The number of carbonyl (C=O) groups is 1. The number of ether oxygens (including phenoxy) is 2. The number of rotatable bonds is 6. The first-order valence-electron chi connectivity index (χ1n) is 9.61. The zero-order chi connectivity index (χ0) is 22.1. The predicted molar refractivity (Wildman–Crippen MR) is 129 cm³/mol. The average molecular weight is 497 g/mol. The van der Waals surface area contributed by atoms with E-state index in [1.54, 1.807) is 14.2 Å². The number of pyridine rings is 1. The summed E-state index contributed by atoms with van der Waals surface area (Å²) >= 11 is 4.83. The Morgan fingerprint density at radius 2 is 1.84 bits per heavy atom. The van der Waals surface area contributed by atoms with Crippen molar-refractivity contribution in [3.05, 3.63) is 69.0 Å². The van der Waals surface area contributed by atoms with Crippen LogP contribution in [0.3, 0.4) is 0 Å². The number of benzene rings is 2. The number of nitrogen functional groups attached to an aromatic ring is 1. The third-order valence-electron chi connectivity index (χ3n) is 5.11. The van der Waals surface area contributed by atoms with Crippen LogP contribution in [0.4, 0.5) is 5.69 Å². The molecule has 0 amide bonds. The molecule has 2 heterocycles. The lowest BCUT2D eigenvalue weighted by atomic mass is 10.0. The zero-order valence-electron chi connectivity index (χ0n) is 17.4. The maximum absolute atomic E-state index is 13.0. The van der Waals surface area contributed by atoms with E-state index in [0.29, 0.717) is 28.5 Å². The minimum Gasteiger partial charge on any atom is -0.493 e. The van der Waals surface area contributed by atoms with Crippen molar-refractivity contribution in [2.24, 2.45) is 0 Å². The van der Waals surface area contributed by atoms with E-state index in [9.17, 15) is 4.79 Å². The number of halogens is 1. The van der Waals surface area contributed by atoms with Crippen LogP contribution in [0.15, 0.2) is 53.0 Å². The van der Waals surface area contributed by atoms with E-state index < -0.39 is 0 Å². The highest BCUT2D eigenvalue weighted by atomic mass is 79.9. The molecule has 0 spiro atoms. The molecule has 0 fully saturated rings. The number of thiophene rings is 1. The Morgan fingerprint density at radius 1 is 1.06 bits per heavy atom. The van der Waals surface area contributed by atoms with Crippen LogP contribution in [0.1, 0.15) is 20.8 Å². The summed E-state index contributed by atoms with van der Waals surface area (Å²) in [5, 5.41) is 0.796. The summed E-state index contributed by atoms with van der Waals surface area (Å²) in [5.41, 5.74) is 10.5. The number of fused-ring (bicyclic) bond motifs is 1. The fourth-order valence-corrected chi connectivity index (χ4v) is 4.72. The van der Waals surface area contributed by atoms with Crippen LogP contribution in [0.5, 0.6) is 11.5 Å². The van der Waals surface area contributed by atoms with Crippen molar-refractivity contribution in [1.82, 2.24) is 4.98 Å². The molecule has 4 rings (SSSR count). The largest absolute Gasteiger partial charge is 0.493 e. The van der Waals surface area contributed by atoms with Gasteiger partial charge in [-0.2, -0.15) is 0 Å². The van der Waals surface area contributed by atoms with Gasteiger partial charge in [-0.25, -0.2) is 4.98 Å². The number of aromatic nitrogens is 1. The van der Waals surface area contributed by atoms with Crippen LogP contribution in [0.25, 0.3) is 21.5 Å². The number of hydrogen-bond acceptors (Lipinski definition) is 6. The van der Waals surface area contributed by atoms with Crippen LogP contribution in [0, 0.1) is 6.92 Å². The zero-order valence-corrected chi connectivity index (χ0v) is 19.8. The molecule has 0 aliphatic rings. The highest BCUT2D eigenvalue weighted by Gasteiger charge is 2.19. The highest BCUT2D eigenvalue weighted by Crippen LogP contribution is 2.37. The molecule has 0 saturated carbocycles. The maximum Gasteiger partial charge on any atom is 0.179 e.